The molecule has 6 nitrogen and oxygen atoms in total. The third kappa shape index (κ3) is 4.96. The van der Waals surface area contributed by atoms with E-state index in [9.17, 15) is 9.59 Å². The SMILES string of the molecule is CCCNC(=O)C(=O)Nc1ccc(N2CCN(CC)CC2)cc1. The molecule has 2 amide bonds. The predicted octanol–water partition coefficient (Wildman–Crippen LogP) is 1.29. The van der Waals surface area contributed by atoms with Crippen LogP contribution in [0.4, 0.5) is 11.4 Å². The van der Waals surface area contributed by atoms with Crippen LogP contribution in [0.15, 0.2) is 24.3 Å². The van der Waals surface area contributed by atoms with Gasteiger partial charge in [-0.1, -0.05) is 13.8 Å². The van der Waals surface area contributed by atoms with Crippen molar-refractivity contribution < 1.29 is 9.59 Å². The summed E-state index contributed by atoms with van der Waals surface area (Å²) in [6.45, 7) is 9.91. The lowest BCUT2D eigenvalue weighted by Crippen LogP contribution is -2.46. The number of carbonyl (C=O) groups is 2. The average Bonchev–Trinajstić information content (AvgIpc) is 2.60. The Morgan fingerprint density at radius 2 is 1.65 bits per heavy atom. The van der Waals surface area contributed by atoms with Crippen LogP contribution >= 0.6 is 0 Å². The first-order chi connectivity index (χ1) is 11.1. The van der Waals surface area contributed by atoms with Gasteiger partial charge < -0.3 is 20.4 Å². The number of carbonyl (C=O) groups excluding carboxylic acids is 2. The van der Waals surface area contributed by atoms with Crippen molar-refractivity contribution in [2.45, 2.75) is 20.3 Å². The zero-order valence-corrected chi connectivity index (χ0v) is 14.0. The Bertz CT molecular complexity index is 522. The molecule has 1 fully saturated rings. The molecular weight excluding hydrogens is 292 g/mol. The Hall–Kier alpha value is -2.08. The number of likely N-dealkylation sites (N-methyl/N-ethyl adjacent to an activating group) is 1. The quantitative estimate of drug-likeness (QED) is 0.803. The summed E-state index contributed by atoms with van der Waals surface area (Å²) in [6.07, 6.45) is 0.805. The molecule has 0 radical (unpaired) electrons. The molecule has 0 aromatic heterocycles. The predicted molar refractivity (Wildman–Crippen MR) is 92.7 cm³/mol. The standard InChI is InChI=1S/C17H26N4O2/c1-3-9-18-16(22)17(23)19-14-5-7-15(8-6-14)21-12-10-20(4-2)11-13-21/h5-8H,3-4,9-13H2,1-2H3,(H,18,22)(H,19,23). The lowest BCUT2D eigenvalue weighted by molar-refractivity contribution is -0.136. The number of piperazine rings is 1. The molecule has 0 saturated carbocycles. The van der Waals surface area contributed by atoms with E-state index in [0.29, 0.717) is 12.2 Å². The Morgan fingerprint density at radius 3 is 2.22 bits per heavy atom. The smallest absolute Gasteiger partial charge is 0.313 e. The van der Waals surface area contributed by atoms with Crippen LogP contribution in [0.1, 0.15) is 20.3 Å². The van der Waals surface area contributed by atoms with Gasteiger partial charge in [-0.3, -0.25) is 9.59 Å². The highest BCUT2D eigenvalue weighted by Gasteiger charge is 2.16. The Morgan fingerprint density at radius 1 is 1.00 bits per heavy atom. The fourth-order valence-electron chi connectivity index (χ4n) is 2.58. The second-order valence-electron chi connectivity index (χ2n) is 5.68. The van der Waals surface area contributed by atoms with E-state index in [1.54, 1.807) is 0 Å². The molecule has 2 rings (SSSR count). The maximum Gasteiger partial charge on any atom is 0.313 e. The van der Waals surface area contributed by atoms with Gasteiger partial charge in [-0.2, -0.15) is 0 Å². The normalized spacial score (nSPS) is 15.3. The van der Waals surface area contributed by atoms with Crippen molar-refractivity contribution >= 4 is 23.2 Å². The van der Waals surface area contributed by atoms with Crippen molar-refractivity contribution in [2.24, 2.45) is 0 Å². The number of hydrogen-bond acceptors (Lipinski definition) is 4. The Balaban J connectivity index is 1.87. The highest BCUT2D eigenvalue weighted by molar-refractivity contribution is 6.39. The zero-order valence-electron chi connectivity index (χ0n) is 14.0. The summed E-state index contributed by atoms with van der Waals surface area (Å²) >= 11 is 0. The minimum Gasteiger partial charge on any atom is -0.369 e. The van der Waals surface area contributed by atoms with Crippen molar-refractivity contribution in [2.75, 3.05) is 49.5 Å². The number of nitrogens with one attached hydrogen (secondary N) is 2. The van der Waals surface area contributed by atoms with Gasteiger partial charge in [0.1, 0.15) is 0 Å². The molecule has 1 aliphatic rings. The van der Waals surface area contributed by atoms with Gasteiger partial charge in [0.2, 0.25) is 0 Å². The molecule has 0 aliphatic carbocycles. The van der Waals surface area contributed by atoms with E-state index in [-0.39, 0.29) is 0 Å². The van der Waals surface area contributed by atoms with Crippen LogP contribution in [-0.4, -0.2) is 56.0 Å². The lowest BCUT2D eigenvalue weighted by Gasteiger charge is -2.35. The van der Waals surface area contributed by atoms with E-state index in [1.807, 2.05) is 31.2 Å². The van der Waals surface area contributed by atoms with E-state index in [0.717, 1.165) is 44.8 Å². The molecule has 0 spiro atoms. The fourth-order valence-corrected chi connectivity index (χ4v) is 2.58. The number of benzene rings is 1. The molecule has 1 aromatic carbocycles. The molecular formula is C17H26N4O2. The molecule has 2 N–H and O–H groups in total. The summed E-state index contributed by atoms with van der Waals surface area (Å²) in [4.78, 5) is 28.0. The Kier molecular flexibility index (Phi) is 6.40. The largest absolute Gasteiger partial charge is 0.369 e. The van der Waals surface area contributed by atoms with E-state index < -0.39 is 11.8 Å². The first-order valence-electron chi connectivity index (χ1n) is 8.30. The molecule has 1 saturated heterocycles. The molecule has 0 unspecified atom stereocenters. The molecule has 23 heavy (non-hydrogen) atoms. The van der Waals surface area contributed by atoms with E-state index in [1.165, 1.54) is 0 Å². The summed E-state index contributed by atoms with van der Waals surface area (Å²) in [5.74, 6) is -1.21. The van der Waals surface area contributed by atoms with Gasteiger partial charge in [-0.05, 0) is 37.2 Å². The monoisotopic (exact) mass is 318 g/mol. The van der Waals surface area contributed by atoms with Gasteiger partial charge in [0.25, 0.3) is 0 Å². The van der Waals surface area contributed by atoms with E-state index >= 15 is 0 Å². The first kappa shape index (κ1) is 17.3. The van der Waals surface area contributed by atoms with Crippen molar-refractivity contribution in [1.82, 2.24) is 10.2 Å². The third-order valence-electron chi connectivity index (χ3n) is 4.05. The van der Waals surface area contributed by atoms with Crippen molar-refractivity contribution in [3.63, 3.8) is 0 Å². The molecule has 0 atom stereocenters. The van der Waals surface area contributed by atoms with Crippen LogP contribution in [0.25, 0.3) is 0 Å². The maximum atomic E-state index is 11.7. The van der Waals surface area contributed by atoms with Crippen LogP contribution in [0.2, 0.25) is 0 Å². The summed E-state index contributed by atoms with van der Waals surface area (Å²) < 4.78 is 0. The maximum absolute atomic E-state index is 11.7. The number of anilines is 2. The highest BCUT2D eigenvalue weighted by Crippen LogP contribution is 2.19. The topological polar surface area (TPSA) is 64.7 Å². The second-order valence-corrected chi connectivity index (χ2v) is 5.68. The van der Waals surface area contributed by atoms with Crippen LogP contribution in [-0.2, 0) is 9.59 Å². The third-order valence-corrected chi connectivity index (χ3v) is 4.05. The van der Waals surface area contributed by atoms with E-state index in [4.69, 9.17) is 0 Å². The molecule has 126 valence electrons. The Labute approximate surface area is 137 Å². The summed E-state index contributed by atoms with van der Waals surface area (Å²) in [6, 6.07) is 7.65. The minimum atomic E-state index is -0.622. The number of hydrogen-bond donors (Lipinski definition) is 2. The molecule has 1 aromatic rings. The molecule has 1 aliphatic heterocycles. The minimum absolute atomic E-state index is 0.509. The van der Waals surface area contributed by atoms with Gasteiger partial charge in [0.15, 0.2) is 0 Å². The van der Waals surface area contributed by atoms with Crippen LogP contribution in [0.3, 0.4) is 0 Å². The molecule has 1 heterocycles. The average molecular weight is 318 g/mol. The second kappa shape index (κ2) is 8.53. The van der Waals surface area contributed by atoms with Crippen LogP contribution < -0.4 is 15.5 Å². The summed E-state index contributed by atoms with van der Waals surface area (Å²) in [5.41, 5.74) is 1.78. The van der Waals surface area contributed by atoms with Gasteiger partial charge in [-0.15, -0.1) is 0 Å². The van der Waals surface area contributed by atoms with Crippen molar-refractivity contribution in [3.8, 4) is 0 Å². The van der Waals surface area contributed by atoms with Crippen LogP contribution in [0.5, 0.6) is 0 Å². The van der Waals surface area contributed by atoms with Crippen molar-refractivity contribution in [3.05, 3.63) is 24.3 Å². The lowest BCUT2D eigenvalue weighted by atomic mass is 10.2. The fraction of sp³-hybridized carbons (Fsp3) is 0.529. The number of rotatable bonds is 5. The van der Waals surface area contributed by atoms with Gasteiger partial charge in [0, 0.05) is 44.1 Å². The van der Waals surface area contributed by atoms with Gasteiger partial charge >= 0.3 is 11.8 Å². The first-order valence-corrected chi connectivity index (χ1v) is 8.30. The number of nitrogens with zero attached hydrogens (tertiary/aromatic N) is 2. The summed E-state index contributed by atoms with van der Waals surface area (Å²) in [5, 5.41) is 5.18. The van der Waals surface area contributed by atoms with Gasteiger partial charge in [-0.25, -0.2) is 0 Å². The molecule has 0 bridgehead atoms. The molecule has 6 heteroatoms. The summed E-state index contributed by atoms with van der Waals surface area (Å²) in [7, 11) is 0. The van der Waals surface area contributed by atoms with Crippen molar-refractivity contribution in [1.29, 1.82) is 0 Å². The number of amides is 2. The highest BCUT2D eigenvalue weighted by atomic mass is 16.2. The zero-order chi connectivity index (χ0) is 16.7. The van der Waals surface area contributed by atoms with Crippen LogP contribution in [0, 0.1) is 0 Å². The van der Waals surface area contributed by atoms with Gasteiger partial charge in [0.05, 0.1) is 0 Å². The van der Waals surface area contributed by atoms with E-state index in [2.05, 4.69) is 27.4 Å².